The maximum absolute atomic E-state index is 12.1. The van der Waals surface area contributed by atoms with Gasteiger partial charge in [0.15, 0.2) is 5.78 Å². The first-order valence-electron chi connectivity index (χ1n) is 6.42. The van der Waals surface area contributed by atoms with E-state index in [4.69, 9.17) is 4.74 Å². The molecule has 0 amide bonds. The minimum atomic E-state index is 0.106. The number of carbonyl (C=O) groups excluding carboxylic acids is 1. The average Bonchev–Trinajstić information content (AvgIpc) is 2.24. The normalized spacial score (nSPS) is 15.9. The van der Waals surface area contributed by atoms with Gasteiger partial charge in [0.2, 0.25) is 0 Å². The van der Waals surface area contributed by atoms with Crippen LogP contribution in [0.3, 0.4) is 0 Å². The molecule has 0 spiro atoms. The Bertz CT molecular complexity index is 392. The molecule has 1 aromatic carbocycles. The van der Waals surface area contributed by atoms with Crippen LogP contribution in [0.2, 0.25) is 0 Å². The highest BCUT2D eigenvalue weighted by Gasteiger charge is 2.24. The van der Waals surface area contributed by atoms with E-state index in [9.17, 15) is 4.79 Å². The SMILES string of the molecule is CC(C)OCC(=O)c1ccccc1C1CCC1. The van der Waals surface area contributed by atoms with Crippen molar-refractivity contribution in [2.45, 2.75) is 45.1 Å². The predicted octanol–water partition coefficient (Wildman–Crippen LogP) is 3.56. The molecule has 0 aliphatic heterocycles. The van der Waals surface area contributed by atoms with Crippen LogP contribution in [0, 0.1) is 0 Å². The van der Waals surface area contributed by atoms with Crippen LogP contribution in [-0.2, 0) is 4.74 Å². The summed E-state index contributed by atoms with van der Waals surface area (Å²) in [5.74, 6) is 0.704. The van der Waals surface area contributed by atoms with E-state index in [0.29, 0.717) is 5.92 Å². The number of ketones is 1. The van der Waals surface area contributed by atoms with Crippen LogP contribution < -0.4 is 0 Å². The van der Waals surface area contributed by atoms with E-state index in [1.807, 2.05) is 32.0 Å². The molecule has 0 atom stereocenters. The quantitative estimate of drug-likeness (QED) is 0.725. The van der Waals surface area contributed by atoms with Crippen LogP contribution in [-0.4, -0.2) is 18.5 Å². The fourth-order valence-electron chi connectivity index (χ4n) is 2.15. The molecule has 1 fully saturated rings. The van der Waals surface area contributed by atoms with Crippen molar-refractivity contribution < 1.29 is 9.53 Å². The zero-order valence-corrected chi connectivity index (χ0v) is 10.6. The average molecular weight is 232 g/mol. The minimum absolute atomic E-state index is 0.106. The number of carbonyl (C=O) groups is 1. The van der Waals surface area contributed by atoms with Gasteiger partial charge in [-0.2, -0.15) is 0 Å². The van der Waals surface area contributed by atoms with Crippen molar-refractivity contribution in [1.82, 2.24) is 0 Å². The van der Waals surface area contributed by atoms with E-state index in [-0.39, 0.29) is 18.5 Å². The van der Waals surface area contributed by atoms with Crippen LogP contribution >= 0.6 is 0 Å². The lowest BCUT2D eigenvalue weighted by molar-refractivity contribution is 0.0583. The van der Waals surface area contributed by atoms with Gasteiger partial charge in [0.1, 0.15) is 6.61 Å². The molecule has 1 aliphatic rings. The standard InChI is InChI=1S/C15H20O2/c1-11(2)17-10-15(16)14-9-4-3-8-13(14)12-6-5-7-12/h3-4,8-9,11-12H,5-7,10H2,1-2H3. The highest BCUT2D eigenvalue weighted by atomic mass is 16.5. The zero-order chi connectivity index (χ0) is 12.3. The molecule has 0 heterocycles. The lowest BCUT2D eigenvalue weighted by Gasteiger charge is -2.27. The fourth-order valence-corrected chi connectivity index (χ4v) is 2.15. The first-order valence-corrected chi connectivity index (χ1v) is 6.42. The maximum atomic E-state index is 12.1. The minimum Gasteiger partial charge on any atom is -0.371 e. The van der Waals surface area contributed by atoms with E-state index in [2.05, 4.69) is 6.07 Å². The largest absolute Gasteiger partial charge is 0.371 e. The van der Waals surface area contributed by atoms with Crippen LogP contribution in [0.4, 0.5) is 0 Å². The molecule has 2 heteroatoms. The van der Waals surface area contributed by atoms with Crippen LogP contribution in [0.25, 0.3) is 0 Å². The number of ether oxygens (including phenoxy) is 1. The summed E-state index contributed by atoms with van der Waals surface area (Å²) in [5, 5.41) is 0. The molecular formula is C15H20O2. The van der Waals surface area contributed by atoms with Crippen molar-refractivity contribution in [2.24, 2.45) is 0 Å². The Kier molecular flexibility index (Phi) is 3.95. The van der Waals surface area contributed by atoms with Crippen LogP contribution in [0.5, 0.6) is 0 Å². The van der Waals surface area contributed by atoms with Crippen LogP contribution in [0.15, 0.2) is 24.3 Å². The molecule has 1 saturated carbocycles. The van der Waals surface area contributed by atoms with Gasteiger partial charge in [-0.1, -0.05) is 30.7 Å². The molecule has 0 bridgehead atoms. The maximum Gasteiger partial charge on any atom is 0.188 e. The van der Waals surface area contributed by atoms with E-state index < -0.39 is 0 Å². The van der Waals surface area contributed by atoms with Crippen molar-refractivity contribution in [3.05, 3.63) is 35.4 Å². The number of Topliss-reactive ketones (excluding diaryl/α,β-unsaturated/α-hetero) is 1. The summed E-state index contributed by atoms with van der Waals surface area (Å²) >= 11 is 0. The molecular weight excluding hydrogens is 212 g/mol. The third-order valence-corrected chi connectivity index (χ3v) is 3.35. The molecule has 0 unspecified atom stereocenters. The molecule has 0 aromatic heterocycles. The third-order valence-electron chi connectivity index (χ3n) is 3.35. The molecule has 0 radical (unpaired) electrons. The van der Waals surface area contributed by atoms with Gasteiger partial charge in [-0.05, 0) is 38.2 Å². The van der Waals surface area contributed by atoms with Crippen molar-refractivity contribution in [1.29, 1.82) is 0 Å². The van der Waals surface area contributed by atoms with Gasteiger partial charge >= 0.3 is 0 Å². The summed E-state index contributed by atoms with van der Waals surface area (Å²) < 4.78 is 5.39. The molecule has 1 aliphatic carbocycles. The van der Waals surface area contributed by atoms with Crippen molar-refractivity contribution in [2.75, 3.05) is 6.61 Å². The number of rotatable bonds is 5. The Labute approximate surface area is 103 Å². The lowest BCUT2D eigenvalue weighted by Crippen LogP contribution is -2.18. The Morgan fingerprint density at radius 3 is 2.65 bits per heavy atom. The molecule has 1 aromatic rings. The van der Waals surface area contributed by atoms with Gasteiger partial charge in [0.25, 0.3) is 0 Å². The molecule has 0 saturated heterocycles. The second-order valence-corrected chi connectivity index (χ2v) is 5.00. The zero-order valence-electron chi connectivity index (χ0n) is 10.6. The molecule has 92 valence electrons. The van der Waals surface area contributed by atoms with Crippen molar-refractivity contribution >= 4 is 5.78 Å². The topological polar surface area (TPSA) is 26.3 Å². The molecule has 17 heavy (non-hydrogen) atoms. The van der Waals surface area contributed by atoms with Gasteiger partial charge in [-0.15, -0.1) is 0 Å². The summed E-state index contributed by atoms with van der Waals surface area (Å²) in [6.45, 7) is 4.09. The Morgan fingerprint density at radius 2 is 2.06 bits per heavy atom. The van der Waals surface area contributed by atoms with E-state index in [1.54, 1.807) is 0 Å². The van der Waals surface area contributed by atoms with E-state index in [1.165, 1.54) is 24.8 Å². The molecule has 0 N–H and O–H groups in total. The Balaban J connectivity index is 2.10. The number of benzene rings is 1. The highest BCUT2D eigenvalue weighted by Crippen LogP contribution is 2.37. The third kappa shape index (κ3) is 2.95. The summed E-state index contributed by atoms with van der Waals surface area (Å²) in [7, 11) is 0. The fraction of sp³-hybridized carbons (Fsp3) is 0.533. The number of hydrogen-bond acceptors (Lipinski definition) is 2. The summed E-state index contributed by atoms with van der Waals surface area (Å²) in [4.78, 5) is 12.1. The molecule has 2 nitrogen and oxygen atoms in total. The van der Waals surface area contributed by atoms with Crippen molar-refractivity contribution in [3.8, 4) is 0 Å². The van der Waals surface area contributed by atoms with Gasteiger partial charge in [-0.3, -0.25) is 4.79 Å². The Hall–Kier alpha value is -1.15. The van der Waals surface area contributed by atoms with Crippen LogP contribution in [0.1, 0.15) is 54.9 Å². The first-order chi connectivity index (χ1) is 8.18. The summed E-state index contributed by atoms with van der Waals surface area (Å²) in [6, 6.07) is 7.98. The molecule has 2 rings (SSSR count). The summed E-state index contributed by atoms with van der Waals surface area (Å²) in [6.07, 6.45) is 3.83. The van der Waals surface area contributed by atoms with Gasteiger partial charge in [0, 0.05) is 5.56 Å². The Morgan fingerprint density at radius 1 is 1.35 bits per heavy atom. The van der Waals surface area contributed by atoms with E-state index in [0.717, 1.165) is 5.56 Å². The van der Waals surface area contributed by atoms with Gasteiger partial charge < -0.3 is 4.74 Å². The monoisotopic (exact) mass is 232 g/mol. The predicted molar refractivity (Wildman–Crippen MR) is 68.5 cm³/mol. The smallest absolute Gasteiger partial charge is 0.188 e. The first kappa shape index (κ1) is 12.3. The van der Waals surface area contributed by atoms with Crippen molar-refractivity contribution in [3.63, 3.8) is 0 Å². The number of hydrogen-bond donors (Lipinski definition) is 0. The second-order valence-electron chi connectivity index (χ2n) is 5.00. The second kappa shape index (κ2) is 5.46. The van der Waals surface area contributed by atoms with Gasteiger partial charge in [-0.25, -0.2) is 0 Å². The van der Waals surface area contributed by atoms with Gasteiger partial charge in [0.05, 0.1) is 6.10 Å². The lowest BCUT2D eigenvalue weighted by atomic mass is 9.77. The highest BCUT2D eigenvalue weighted by molar-refractivity contribution is 5.98. The van der Waals surface area contributed by atoms with E-state index >= 15 is 0 Å². The summed E-state index contributed by atoms with van der Waals surface area (Å²) in [5.41, 5.74) is 2.08.